The van der Waals surface area contributed by atoms with Crippen molar-refractivity contribution in [1.29, 1.82) is 0 Å². The molecule has 0 fully saturated rings. The number of methoxy groups -OCH3 is 1. The van der Waals surface area contributed by atoms with Crippen LogP contribution in [0.5, 0.6) is 0 Å². The first kappa shape index (κ1) is 13.4. The molecule has 2 heterocycles. The number of anilines is 1. The molecule has 2 aromatic heterocycles. The molecule has 0 bridgehead atoms. The number of hydrogen-bond donors (Lipinski definition) is 1. The number of thioether (sulfide) groups is 1. The summed E-state index contributed by atoms with van der Waals surface area (Å²) in [6, 6.07) is 3.29. The second kappa shape index (κ2) is 6.24. The highest BCUT2D eigenvalue weighted by Crippen LogP contribution is 2.14. The van der Waals surface area contributed by atoms with Crippen molar-refractivity contribution in [2.24, 2.45) is 0 Å². The quantitative estimate of drug-likeness (QED) is 0.664. The molecule has 0 amide bonds. The average molecular weight is 279 g/mol. The second-order valence-corrected chi connectivity index (χ2v) is 4.38. The molecular formula is C12H13N3O3S. The molecule has 2 aromatic rings. The van der Waals surface area contributed by atoms with Gasteiger partial charge >= 0.3 is 5.97 Å². The number of carbonyl (C=O) groups excluding carboxylic acids is 1. The van der Waals surface area contributed by atoms with Crippen LogP contribution in [0.4, 0.5) is 5.82 Å². The lowest BCUT2D eigenvalue weighted by Gasteiger charge is -2.03. The lowest BCUT2D eigenvalue weighted by Crippen LogP contribution is -2.02. The van der Waals surface area contributed by atoms with Gasteiger partial charge in [0.05, 0.1) is 26.0 Å². The van der Waals surface area contributed by atoms with Gasteiger partial charge in [-0.15, -0.1) is 11.8 Å². The Morgan fingerprint density at radius 2 is 2.32 bits per heavy atom. The summed E-state index contributed by atoms with van der Waals surface area (Å²) >= 11 is 1.52. The Morgan fingerprint density at radius 1 is 1.47 bits per heavy atom. The zero-order chi connectivity index (χ0) is 13.7. The summed E-state index contributed by atoms with van der Waals surface area (Å²) < 4.78 is 9.89. The van der Waals surface area contributed by atoms with E-state index in [2.05, 4.69) is 20.0 Å². The van der Waals surface area contributed by atoms with Crippen LogP contribution >= 0.6 is 11.8 Å². The van der Waals surface area contributed by atoms with Gasteiger partial charge in [-0.1, -0.05) is 0 Å². The number of hydrogen-bond acceptors (Lipinski definition) is 7. The van der Waals surface area contributed by atoms with Crippen LogP contribution in [0, 0.1) is 0 Å². The molecule has 1 N–H and O–H groups in total. The minimum absolute atomic E-state index is 0.184. The summed E-state index contributed by atoms with van der Waals surface area (Å²) in [5, 5.41) is 3.91. The van der Waals surface area contributed by atoms with E-state index in [0.717, 1.165) is 5.03 Å². The first-order valence-corrected chi connectivity index (χ1v) is 6.72. The van der Waals surface area contributed by atoms with E-state index in [4.69, 9.17) is 4.42 Å². The van der Waals surface area contributed by atoms with Crippen molar-refractivity contribution in [3.8, 4) is 0 Å². The maximum absolute atomic E-state index is 11.2. The van der Waals surface area contributed by atoms with Gasteiger partial charge in [0.25, 0.3) is 0 Å². The van der Waals surface area contributed by atoms with Crippen LogP contribution in [0.1, 0.15) is 16.3 Å². The molecule has 7 heteroatoms. The Bertz CT molecular complexity index is 571. The molecule has 0 radical (unpaired) electrons. The highest BCUT2D eigenvalue weighted by Gasteiger charge is 2.10. The smallest absolute Gasteiger partial charge is 0.373 e. The number of rotatable bonds is 5. The summed E-state index contributed by atoms with van der Waals surface area (Å²) in [4.78, 5) is 19.6. The zero-order valence-electron chi connectivity index (χ0n) is 10.5. The maximum Gasteiger partial charge on any atom is 0.373 e. The first-order valence-electron chi connectivity index (χ1n) is 5.50. The van der Waals surface area contributed by atoms with Crippen molar-refractivity contribution < 1.29 is 13.9 Å². The van der Waals surface area contributed by atoms with E-state index in [9.17, 15) is 4.79 Å². The summed E-state index contributed by atoms with van der Waals surface area (Å²) in [6.45, 7) is 0.420. The topological polar surface area (TPSA) is 77.2 Å². The summed E-state index contributed by atoms with van der Waals surface area (Å²) in [5.41, 5.74) is 0. The molecule has 19 heavy (non-hydrogen) atoms. The molecule has 0 saturated heterocycles. The fourth-order valence-electron chi connectivity index (χ4n) is 1.39. The van der Waals surface area contributed by atoms with Gasteiger partial charge in [-0.2, -0.15) is 0 Å². The fraction of sp³-hybridized carbons (Fsp3) is 0.250. The molecule has 0 aromatic carbocycles. The van der Waals surface area contributed by atoms with Crippen molar-refractivity contribution in [1.82, 2.24) is 9.97 Å². The summed E-state index contributed by atoms with van der Waals surface area (Å²) in [6.07, 6.45) is 5.25. The van der Waals surface area contributed by atoms with Gasteiger partial charge in [0.1, 0.15) is 16.6 Å². The van der Waals surface area contributed by atoms with E-state index >= 15 is 0 Å². The molecule has 0 aliphatic rings. The highest BCUT2D eigenvalue weighted by molar-refractivity contribution is 7.98. The van der Waals surface area contributed by atoms with Crippen LogP contribution < -0.4 is 5.32 Å². The number of ether oxygens (including phenoxy) is 1. The number of aromatic nitrogens is 2. The minimum Gasteiger partial charge on any atom is -0.463 e. The SMILES string of the molecule is COC(=O)c1ccc(CNc2cncc(SC)n2)o1. The molecule has 0 aliphatic heterocycles. The number of furan rings is 1. The minimum atomic E-state index is -0.490. The molecule has 0 atom stereocenters. The molecule has 0 saturated carbocycles. The third-order valence-corrected chi connectivity index (χ3v) is 2.93. The van der Waals surface area contributed by atoms with Gasteiger partial charge in [-0.05, 0) is 18.4 Å². The number of carbonyl (C=O) groups is 1. The Morgan fingerprint density at radius 3 is 3.05 bits per heavy atom. The first-order chi connectivity index (χ1) is 9.22. The monoisotopic (exact) mass is 279 g/mol. The number of nitrogens with zero attached hydrogens (tertiary/aromatic N) is 2. The van der Waals surface area contributed by atoms with E-state index in [0.29, 0.717) is 18.1 Å². The maximum atomic E-state index is 11.2. The Hall–Kier alpha value is -2.02. The van der Waals surface area contributed by atoms with Crippen molar-refractivity contribution in [2.45, 2.75) is 11.6 Å². The zero-order valence-corrected chi connectivity index (χ0v) is 11.4. The summed E-state index contributed by atoms with van der Waals surface area (Å²) in [7, 11) is 1.31. The van der Waals surface area contributed by atoms with E-state index in [1.165, 1.54) is 18.9 Å². The second-order valence-electron chi connectivity index (χ2n) is 3.56. The number of esters is 1. The highest BCUT2D eigenvalue weighted by atomic mass is 32.2. The molecule has 2 rings (SSSR count). The van der Waals surface area contributed by atoms with Gasteiger partial charge in [0.2, 0.25) is 5.76 Å². The van der Waals surface area contributed by atoms with Crippen LogP contribution in [0.15, 0.2) is 34.0 Å². The summed E-state index contributed by atoms with van der Waals surface area (Å²) in [5.74, 6) is 0.971. The Balaban J connectivity index is 1.98. The molecule has 0 spiro atoms. The standard InChI is InChI=1S/C12H13N3O3S/c1-17-12(16)9-4-3-8(18-9)5-14-10-6-13-7-11(15-10)19-2/h3-4,6-7H,5H2,1-2H3,(H,14,15). The normalized spacial score (nSPS) is 10.2. The van der Waals surface area contributed by atoms with Crippen LogP contribution in [0.25, 0.3) is 0 Å². The van der Waals surface area contributed by atoms with E-state index in [1.807, 2.05) is 6.26 Å². The van der Waals surface area contributed by atoms with Gasteiger partial charge in [0, 0.05) is 0 Å². The molecule has 6 nitrogen and oxygen atoms in total. The largest absolute Gasteiger partial charge is 0.463 e. The van der Waals surface area contributed by atoms with Crippen LogP contribution in [0.3, 0.4) is 0 Å². The predicted molar refractivity (Wildman–Crippen MR) is 71.2 cm³/mol. The lowest BCUT2D eigenvalue weighted by atomic mass is 10.4. The third kappa shape index (κ3) is 3.47. The van der Waals surface area contributed by atoms with E-state index in [-0.39, 0.29) is 5.76 Å². The number of nitrogens with one attached hydrogen (secondary N) is 1. The van der Waals surface area contributed by atoms with Crippen molar-refractivity contribution in [3.63, 3.8) is 0 Å². The average Bonchev–Trinajstić information content (AvgIpc) is 2.93. The van der Waals surface area contributed by atoms with E-state index < -0.39 is 5.97 Å². The predicted octanol–water partition coefficient (Wildman–Crippen LogP) is 2.19. The molecule has 100 valence electrons. The Labute approximate surface area is 114 Å². The molecular weight excluding hydrogens is 266 g/mol. The van der Waals surface area contributed by atoms with Gasteiger partial charge in [0.15, 0.2) is 0 Å². The van der Waals surface area contributed by atoms with Gasteiger partial charge in [-0.25, -0.2) is 9.78 Å². The van der Waals surface area contributed by atoms with Gasteiger partial charge < -0.3 is 14.5 Å². The van der Waals surface area contributed by atoms with Crippen LogP contribution in [0.2, 0.25) is 0 Å². The van der Waals surface area contributed by atoms with Crippen molar-refractivity contribution >= 4 is 23.5 Å². The van der Waals surface area contributed by atoms with Gasteiger partial charge in [-0.3, -0.25) is 4.98 Å². The van der Waals surface area contributed by atoms with Crippen molar-refractivity contribution in [3.05, 3.63) is 36.0 Å². The third-order valence-electron chi connectivity index (χ3n) is 2.31. The lowest BCUT2D eigenvalue weighted by molar-refractivity contribution is 0.0563. The fourth-order valence-corrected chi connectivity index (χ4v) is 1.75. The Kier molecular flexibility index (Phi) is 4.40. The van der Waals surface area contributed by atoms with Crippen molar-refractivity contribution in [2.75, 3.05) is 18.7 Å². The molecule has 0 unspecified atom stereocenters. The van der Waals surface area contributed by atoms with E-state index in [1.54, 1.807) is 24.5 Å². The van der Waals surface area contributed by atoms with Crippen LogP contribution in [-0.4, -0.2) is 29.3 Å². The van der Waals surface area contributed by atoms with Crippen LogP contribution in [-0.2, 0) is 11.3 Å². The molecule has 0 aliphatic carbocycles.